The van der Waals surface area contributed by atoms with Gasteiger partial charge in [-0.05, 0) is 74.4 Å². The van der Waals surface area contributed by atoms with Crippen LogP contribution in [0.1, 0.15) is 43.8 Å². The van der Waals surface area contributed by atoms with E-state index in [2.05, 4.69) is 15.4 Å². The Bertz CT molecular complexity index is 2740. The van der Waals surface area contributed by atoms with E-state index in [1.165, 1.54) is 31.0 Å². The highest BCUT2D eigenvalue weighted by atomic mass is 35.5. The van der Waals surface area contributed by atoms with Gasteiger partial charge in [0.05, 0.1) is 60.1 Å². The topological polar surface area (TPSA) is 147 Å². The van der Waals surface area contributed by atoms with Gasteiger partial charge >= 0.3 is 6.09 Å². The first kappa shape index (κ1) is 41.7. The second-order valence-corrected chi connectivity index (χ2v) is 16.6. The van der Waals surface area contributed by atoms with Crippen molar-refractivity contribution in [2.24, 2.45) is 7.05 Å². The predicted octanol–water partition coefficient (Wildman–Crippen LogP) is 7.27. The molecular formula is C39H37ClF4N6O7S. The first-order valence-corrected chi connectivity index (χ1v) is 19.6. The van der Waals surface area contributed by atoms with Crippen molar-refractivity contribution in [2.75, 3.05) is 24.8 Å². The number of fused-ring (bicyclic) bond motifs is 2. The fourth-order valence-corrected chi connectivity index (χ4v) is 7.53. The second kappa shape index (κ2) is 15.8. The van der Waals surface area contributed by atoms with Crippen molar-refractivity contribution in [3.63, 3.8) is 0 Å². The minimum Gasteiger partial charge on any atom is -0.497 e. The molecule has 2 aromatic heterocycles. The van der Waals surface area contributed by atoms with Gasteiger partial charge in [0.1, 0.15) is 34.3 Å². The number of aryl methyl sites for hydroxylation is 1. The van der Waals surface area contributed by atoms with Crippen LogP contribution in [0, 0.1) is 23.3 Å². The van der Waals surface area contributed by atoms with E-state index in [0.29, 0.717) is 17.4 Å². The van der Waals surface area contributed by atoms with Gasteiger partial charge in [-0.15, -0.1) is 0 Å². The average molecular weight is 845 g/mol. The van der Waals surface area contributed by atoms with Gasteiger partial charge in [-0.1, -0.05) is 23.7 Å². The van der Waals surface area contributed by atoms with Gasteiger partial charge < -0.3 is 19.5 Å². The van der Waals surface area contributed by atoms with Crippen LogP contribution in [0.5, 0.6) is 11.5 Å². The molecule has 0 fully saturated rings. The number of methoxy groups -OCH3 is 2. The van der Waals surface area contributed by atoms with Crippen molar-refractivity contribution in [2.45, 2.75) is 45.4 Å². The number of alkyl carbamates (subject to hydrolysis) is 1. The summed E-state index contributed by atoms with van der Waals surface area (Å²) in [7, 11) is -0.127. The van der Waals surface area contributed by atoms with Crippen LogP contribution in [0.25, 0.3) is 27.5 Å². The van der Waals surface area contributed by atoms with Crippen LogP contribution in [0.2, 0.25) is 5.02 Å². The number of hydrogen-bond acceptors (Lipinski definition) is 9. The first-order valence-electron chi connectivity index (χ1n) is 17.4. The number of carbonyl (C=O) groups excluding carboxylic acids is 1. The molecule has 0 saturated heterocycles. The summed E-state index contributed by atoms with van der Waals surface area (Å²) in [5.41, 5.74) is -2.25. The molecule has 1 amide bonds. The number of benzene rings is 4. The molecule has 306 valence electrons. The highest BCUT2D eigenvalue weighted by Crippen LogP contribution is 2.39. The molecule has 13 nitrogen and oxygen atoms in total. The molecule has 1 atom stereocenters. The molecule has 19 heteroatoms. The fourth-order valence-electron chi connectivity index (χ4n) is 6.47. The zero-order valence-corrected chi connectivity index (χ0v) is 33.7. The van der Waals surface area contributed by atoms with E-state index in [4.69, 9.17) is 25.8 Å². The van der Waals surface area contributed by atoms with Gasteiger partial charge in [-0.3, -0.25) is 14.0 Å². The SMILES string of the molecule is COc1ccc(CN(c2nn(C)c3c(-n4c([C@H](Cc5cc(F)cc(F)c5)NC(=O)OC(C)(C)C)nc5c(F)c(OC)c(F)cc5c4=O)ccc(Cl)c23)S(C)(=O)=O)cc1. The lowest BCUT2D eigenvalue weighted by Crippen LogP contribution is -2.39. The van der Waals surface area contributed by atoms with Crippen LogP contribution >= 0.6 is 11.6 Å². The maximum absolute atomic E-state index is 16.0. The van der Waals surface area contributed by atoms with E-state index in [1.54, 1.807) is 45.0 Å². The molecule has 6 aromatic rings. The third kappa shape index (κ3) is 8.38. The highest BCUT2D eigenvalue weighted by Gasteiger charge is 2.32. The molecule has 0 spiro atoms. The van der Waals surface area contributed by atoms with Crippen LogP contribution in [0.4, 0.5) is 28.2 Å². The summed E-state index contributed by atoms with van der Waals surface area (Å²) in [6, 6.07) is 11.2. The minimum absolute atomic E-state index is 0.00840. The van der Waals surface area contributed by atoms with E-state index in [0.717, 1.165) is 40.4 Å². The molecule has 2 heterocycles. The van der Waals surface area contributed by atoms with Crippen molar-refractivity contribution in [3.05, 3.63) is 116 Å². The molecule has 58 heavy (non-hydrogen) atoms. The highest BCUT2D eigenvalue weighted by molar-refractivity contribution is 7.92. The van der Waals surface area contributed by atoms with Gasteiger partial charge in [0, 0.05) is 19.5 Å². The minimum atomic E-state index is -4.08. The molecule has 4 aromatic carbocycles. The Balaban J connectivity index is 1.68. The van der Waals surface area contributed by atoms with Gasteiger partial charge in [0.2, 0.25) is 10.0 Å². The van der Waals surface area contributed by atoms with Crippen molar-refractivity contribution in [1.29, 1.82) is 0 Å². The zero-order valence-electron chi connectivity index (χ0n) is 32.2. The van der Waals surface area contributed by atoms with Crippen LogP contribution in [-0.4, -0.2) is 59.9 Å². The summed E-state index contributed by atoms with van der Waals surface area (Å²) >= 11 is 6.80. The smallest absolute Gasteiger partial charge is 0.408 e. The van der Waals surface area contributed by atoms with Crippen molar-refractivity contribution < 1.29 is 45.0 Å². The second-order valence-electron chi connectivity index (χ2n) is 14.2. The van der Waals surface area contributed by atoms with Crippen molar-refractivity contribution in [1.82, 2.24) is 24.6 Å². The molecule has 0 unspecified atom stereocenters. The number of halogens is 5. The zero-order chi connectivity index (χ0) is 42.4. The van der Waals surface area contributed by atoms with Gasteiger partial charge in [0.25, 0.3) is 5.56 Å². The van der Waals surface area contributed by atoms with E-state index in [-0.39, 0.29) is 39.5 Å². The van der Waals surface area contributed by atoms with Crippen molar-refractivity contribution >= 4 is 55.3 Å². The number of anilines is 1. The lowest BCUT2D eigenvalue weighted by molar-refractivity contribution is 0.0500. The Morgan fingerprint density at radius 2 is 1.62 bits per heavy atom. The number of nitrogens with zero attached hydrogens (tertiary/aromatic N) is 5. The molecule has 0 saturated carbocycles. The number of amides is 1. The molecule has 0 aliphatic carbocycles. The first-order chi connectivity index (χ1) is 27.2. The Hall–Kier alpha value is -5.88. The Kier molecular flexibility index (Phi) is 11.4. The number of ether oxygens (including phenoxy) is 3. The molecule has 0 aliphatic heterocycles. The maximum atomic E-state index is 16.0. The molecule has 1 N–H and O–H groups in total. The summed E-state index contributed by atoms with van der Waals surface area (Å²) in [4.78, 5) is 32.6. The Morgan fingerprint density at radius 1 is 0.966 bits per heavy atom. The van der Waals surface area contributed by atoms with E-state index >= 15 is 8.78 Å². The standard InChI is InChI=1S/C39H37ClF4N6O7S/c1-39(2,3)57-38(52)45-28(16-21-14-22(41)17-23(42)15-21)35-46-32-25(18-27(43)34(56-6)31(32)44)37(51)50(35)29-13-12-26(40)30-33(29)48(4)47-36(30)49(58(7,53)54)19-20-8-10-24(55-5)11-9-20/h8-15,17-18,28H,16,19H2,1-7H3,(H,45,52)/t28-/m0/s1. The fraction of sp³-hybridized carbons (Fsp3) is 0.282. The normalized spacial score (nSPS) is 12.5. The van der Waals surface area contributed by atoms with Gasteiger partial charge in [0.15, 0.2) is 23.2 Å². The maximum Gasteiger partial charge on any atom is 0.408 e. The molecule has 6 rings (SSSR count). The molecule has 0 radical (unpaired) electrons. The summed E-state index contributed by atoms with van der Waals surface area (Å²) in [6.07, 6.45) is -0.508. The van der Waals surface area contributed by atoms with Crippen LogP contribution in [0.15, 0.2) is 65.5 Å². The lowest BCUT2D eigenvalue weighted by Gasteiger charge is -2.26. The summed E-state index contributed by atoms with van der Waals surface area (Å²) < 4.78 is 106. The van der Waals surface area contributed by atoms with Crippen molar-refractivity contribution in [3.8, 4) is 17.2 Å². The quantitative estimate of drug-likeness (QED) is 0.133. The molecular weight excluding hydrogens is 808 g/mol. The van der Waals surface area contributed by atoms with E-state index in [9.17, 15) is 26.8 Å². The monoisotopic (exact) mass is 844 g/mol. The number of rotatable bonds is 11. The molecule has 0 bridgehead atoms. The predicted molar refractivity (Wildman–Crippen MR) is 209 cm³/mol. The Labute approximate surface area is 334 Å². The molecule has 0 aliphatic rings. The number of sulfonamides is 1. The van der Waals surface area contributed by atoms with Crippen LogP contribution < -0.4 is 24.7 Å². The number of nitrogens with one attached hydrogen (secondary N) is 1. The summed E-state index contributed by atoms with van der Waals surface area (Å²) in [5, 5.41) is 6.62. The third-order valence-corrected chi connectivity index (χ3v) is 10.3. The number of hydrogen-bond donors (Lipinski definition) is 1. The van der Waals surface area contributed by atoms with Gasteiger partial charge in [-0.2, -0.15) is 5.10 Å². The van der Waals surface area contributed by atoms with E-state index in [1.807, 2.05) is 0 Å². The number of aromatic nitrogens is 4. The summed E-state index contributed by atoms with van der Waals surface area (Å²) in [5.74, 6) is -5.33. The number of carbonyl (C=O) groups is 1. The third-order valence-electron chi connectivity index (χ3n) is 8.87. The average Bonchev–Trinajstić information content (AvgIpc) is 3.47. The lowest BCUT2D eigenvalue weighted by atomic mass is 10.0. The Morgan fingerprint density at radius 3 is 2.21 bits per heavy atom. The van der Waals surface area contributed by atoms with E-state index < -0.39 is 85.5 Å². The largest absolute Gasteiger partial charge is 0.497 e. The van der Waals surface area contributed by atoms with Crippen LogP contribution in [0.3, 0.4) is 0 Å². The van der Waals surface area contributed by atoms with Gasteiger partial charge in [-0.25, -0.2) is 40.1 Å². The summed E-state index contributed by atoms with van der Waals surface area (Å²) in [6.45, 7) is 4.55. The van der Waals surface area contributed by atoms with Crippen LogP contribution in [-0.2, 0) is 34.8 Å².